The number of benzene rings is 10. The summed E-state index contributed by atoms with van der Waals surface area (Å²) in [4.78, 5) is 4.99. The van der Waals surface area contributed by atoms with Crippen LogP contribution in [-0.4, -0.2) is 0 Å². The van der Waals surface area contributed by atoms with E-state index in [4.69, 9.17) is 0 Å². The topological polar surface area (TPSA) is 6.48 Å². The van der Waals surface area contributed by atoms with Crippen LogP contribution in [0.25, 0.3) is 64.6 Å². The first-order valence-electron chi connectivity index (χ1n) is 18.3. The Kier molecular flexibility index (Phi) is 6.58. The fourth-order valence-corrected chi connectivity index (χ4v) is 10.1. The van der Waals surface area contributed by atoms with Gasteiger partial charge in [0.2, 0.25) is 0 Å². The number of hydrogen-bond acceptors (Lipinski definition) is 3. The molecule has 0 aliphatic heterocycles. The summed E-state index contributed by atoms with van der Waals surface area (Å²) in [7, 11) is 0. The molecule has 11 rings (SSSR count). The maximum atomic E-state index is 2.50. The van der Waals surface area contributed by atoms with Gasteiger partial charge in [0, 0.05) is 22.1 Å². The van der Waals surface area contributed by atoms with Crippen LogP contribution in [-0.2, 0) is 0 Å². The summed E-state index contributed by atoms with van der Waals surface area (Å²) in [5.41, 5.74) is 7.22. The second-order valence-corrected chi connectivity index (χ2v) is 15.2. The molecule has 0 unspecified atom stereocenters. The zero-order valence-corrected chi connectivity index (χ0v) is 30.3. The average Bonchev–Trinajstić information content (AvgIpc) is 3.50. The number of rotatable bonds is 6. The maximum absolute atomic E-state index is 2.50. The van der Waals surface area contributed by atoms with E-state index in [1.165, 1.54) is 97.1 Å². The minimum atomic E-state index is 1.15. The van der Waals surface area contributed by atoms with Crippen molar-refractivity contribution in [3.05, 3.63) is 181 Å². The van der Waals surface area contributed by atoms with Gasteiger partial charge in [-0.3, -0.25) is 0 Å². The van der Waals surface area contributed by atoms with Crippen molar-refractivity contribution in [2.45, 2.75) is 13.8 Å². The third kappa shape index (κ3) is 4.44. The highest BCUT2D eigenvalue weighted by Gasteiger charge is 2.27. The van der Waals surface area contributed by atoms with Crippen LogP contribution < -0.4 is 9.80 Å². The standard InChI is InChI=1S/C50H34N2S/c1-31-32(2)50(52(40-17-7-4-8-18-40)44-30-26-38-22-20-34-12-10-14-36-24-28-42(44)48(38)46(34)36)53-49(31)51(39-15-5-3-6-16-39)43-29-25-37-21-19-33-11-9-13-35-23-27-41(43)47(37)45(33)35/h3-30H,1-2H3. The second kappa shape index (κ2) is 11.5. The molecule has 0 atom stereocenters. The highest BCUT2D eigenvalue weighted by Crippen LogP contribution is 2.53. The van der Waals surface area contributed by atoms with Crippen LogP contribution >= 0.6 is 11.3 Å². The fourth-order valence-electron chi connectivity index (χ4n) is 8.71. The number of nitrogens with zero attached hydrogens (tertiary/aromatic N) is 2. The molecule has 3 heteroatoms. The summed E-state index contributed by atoms with van der Waals surface area (Å²) in [6, 6.07) is 62.6. The van der Waals surface area contributed by atoms with Gasteiger partial charge in [-0.1, -0.05) is 145 Å². The van der Waals surface area contributed by atoms with E-state index in [2.05, 4.69) is 194 Å². The van der Waals surface area contributed by atoms with E-state index in [1.54, 1.807) is 0 Å². The van der Waals surface area contributed by atoms with E-state index in [0.717, 1.165) is 11.4 Å². The number of hydrogen-bond donors (Lipinski definition) is 0. The Bertz CT molecular complexity index is 2900. The molecule has 0 spiro atoms. The van der Waals surface area contributed by atoms with Crippen LogP contribution in [0.2, 0.25) is 0 Å². The quantitative estimate of drug-likeness (QED) is 0.160. The highest BCUT2D eigenvalue weighted by molar-refractivity contribution is 7.20. The first-order chi connectivity index (χ1) is 26.1. The van der Waals surface area contributed by atoms with E-state index in [-0.39, 0.29) is 0 Å². The van der Waals surface area contributed by atoms with Gasteiger partial charge in [0.1, 0.15) is 10.0 Å². The van der Waals surface area contributed by atoms with Crippen LogP contribution in [0.1, 0.15) is 11.1 Å². The van der Waals surface area contributed by atoms with Crippen molar-refractivity contribution in [1.82, 2.24) is 0 Å². The van der Waals surface area contributed by atoms with Gasteiger partial charge in [-0.15, -0.1) is 0 Å². The van der Waals surface area contributed by atoms with E-state index >= 15 is 0 Å². The van der Waals surface area contributed by atoms with Crippen molar-refractivity contribution >= 4 is 109 Å². The van der Waals surface area contributed by atoms with Crippen molar-refractivity contribution < 1.29 is 0 Å². The normalized spacial score (nSPS) is 12.0. The second-order valence-electron chi connectivity index (χ2n) is 14.2. The molecule has 1 heterocycles. The fraction of sp³-hybridized carbons (Fsp3) is 0.0400. The third-order valence-corrected chi connectivity index (χ3v) is 12.7. The predicted molar refractivity (Wildman–Crippen MR) is 231 cm³/mol. The molecule has 0 amide bonds. The van der Waals surface area contributed by atoms with Gasteiger partial charge >= 0.3 is 0 Å². The Morgan fingerprint density at radius 2 is 0.660 bits per heavy atom. The van der Waals surface area contributed by atoms with Crippen molar-refractivity contribution in [2.75, 3.05) is 9.80 Å². The van der Waals surface area contributed by atoms with E-state index in [0.29, 0.717) is 0 Å². The number of para-hydroxylation sites is 2. The Morgan fingerprint density at radius 3 is 1.06 bits per heavy atom. The summed E-state index contributed by atoms with van der Waals surface area (Å²) in [5.74, 6) is 0. The van der Waals surface area contributed by atoms with Gasteiger partial charge in [-0.25, -0.2) is 0 Å². The molecular formula is C50H34N2S. The lowest BCUT2D eigenvalue weighted by molar-refractivity contribution is 1.26. The molecule has 0 bridgehead atoms. The maximum Gasteiger partial charge on any atom is 0.105 e. The molecule has 11 aromatic rings. The van der Waals surface area contributed by atoms with Crippen LogP contribution in [0.3, 0.4) is 0 Å². The zero-order valence-electron chi connectivity index (χ0n) is 29.5. The van der Waals surface area contributed by atoms with Crippen molar-refractivity contribution in [1.29, 1.82) is 0 Å². The van der Waals surface area contributed by atoms with Gasteiger partial charge in [-0.05, 0) is 115 Å². The van der Waals surface area contributed by atoms with Gasteiger partial charge in [0.15, 0.2) is 0 Å². The molecule has 0 saturated carbocycles. The third-order valence-electron chi connectivity index (χ3n) is 11.3. The molecular weight excluding hydrogens is 661 g/mol. The van der Waals surface area contributed by atoms with Crippen molar-refractivity contribution in [3.63, 3.8) is 0 Å². The molecule has 0 saturated heterocycles. The monoisotopic (exact) mass is 694 g/mol. The van der Waals surface area contributed by atoms with Crippen LogP contribution in [0, 0.1) is 13.8 Å². The van der Waals surface area contributed by atoms with Gasteiger partial charge in [0.05, 0.1) is 11.4 Å². The van der Waals surface area contributed by atoms with Crippen LogP contribution in [0.5, 0.6) is 0 Å². The Balaban J connectivity index is 1.18. The summed E-state index contributed by atoms with van der Waals surface area (Å²) in [6.45, 7) is 4.59. The van der Waals surface area contributed by atoms with Crippen LogP contribution in [0.4, 0.5) is 32.8 Å². The molecule has 0 fully saturated rings. The lowest BCUT2D eigenvalue weighted by Gasteiger charge is -2.28. The van der Waals surface area contributed by atoms with Crippen molar-refractivity contribution in [3.8, 4) is 0 Å². The lowest BCUT2D eigenvalue weighted by Crippen LogP contribution is -2.10. The first kappa shape index (κ1) is 30.2. The summed E-state index contributed by atoms with van der Waals surface area (Å²) in [6.07, 6.45) is 0. The van der Waals surface area contributed by atoms with Crippen LogP contribution in [0.15, 0.2) is 170 Å². The van der Waals surface area contributed by atoms with E-state index in [1.807, 2.05) is 11.3 Å². The molecule has 1 aromatic heterocycles. The van der Waals surface area contributed by atoms with Crippen molar-refractivity contribution in [2.24, 2.45) is 0 Å². The summed E-state index contributed by atoms with van der Waals surface area (Å²) >= 11 is 1.87. The van der Waals surface area contributed by atoms with Gasteiger partial charge < -0.3 is 9.80 Å². The first-order valence-corrected chi connectivity index (χ1v) is 19.1. The average molecular weight is 695 g/mol. The molecule has 0 aliphatic rings. The lowest BCUT2D eigenvalue weighted by atomic mass is 9.93. The minimum absolute atomic E-state index is 1.15. The van der Waals surface area contributed by atoms with Gasteiger partial charge in [0.25, 0.3) is 0 Å². The largest absolute Gasteiger partial charge is 0.301 e. The van der Waals surface area contributed by atoms with E-state index < -0.39 is 0 Å². The Morgan fingerprint density at radius 1 is 0.321 bits per heavy atom. The zero-order chi connectivity index (χ0) is 35.2. The smallest absolute Gasteiger partial charge is 0.105 e. The van der Waals surface area contributed by atoms with Gasteiger partial charge in [-0.2, -0.15) is 0 Å². The molecule has 53 heavy (non-hydrogen) atoms. The Hall–Kier alpha value is -6.42. The molecule has 0 radical (unpaired) electrons. The molecule has 0 aliphatic carbocycles. The highest BCUT2D eigenvalue weighted by atomic mass is 32.1. The molecule has 250 valence electrons. The minimum Gasteiger partial charge on any atom is -0.301 e. The molecule has 2 nitrogen and oxygen atoms in total. The number of thiophene rings is 1. The number of anilines is 6. The summed E-state index contributed by atoms with van der Waals surface area (Å²) < 4.78 is 0. The summed E-state index contributed by atoms with van der Waals surface area (Å²) in [5, 5.41) is 17.9. The van der Waals surface area contributed by atoms with E-state index in [9.17, 15) is 0 Å². The molecule has 0 N–H and O–H groups in total. The SMILES string of the molecule is Cc1c(N(c2ccccc2)c2ccc3ccc4cccc5ccc2c3c45)sc(N(c2ccccc2)c2ccc3ccc4cccc5ccc2c3c45)c1C. The predicted octanol–water partition coefficient (Wildman–Crippen LogP) is 15.1. The Labute approximate surface area is 312 Å². The molecule has 10 aromatic carbocycles.